The molecule has 1 aromatic heterocycles. The third kappa shape index (κ3) is 3.59. The first-order chi connectivity index (χ1) is 15.1. The van der Waals surface area contributed by atoms with Crippen LogP contribution in [0.1, 0.15) is 25.1 Å². The summed E-state index contributed by atoms with van der Waals surface area (Å²) in [6.07, 6.45) is -9.01. The molecule has 0 saturated heterocycles. The minimum atomic E-state index is -4.85. The van der Waals surface area contributed by atoms with Crippen molar-refractivity contribution in [2.24, 2.45) is 0 Å². The van der Waals surface area contributed by atoms with Crippen molar-refractivity contribution in [3.8, 4) is 28.7 Å². The Labute approximate surface area is 179 Å². The van der Waals surface area contributed by atoms with Gasteiger partial charge in [0.15, 0.2) is 28.4 Å². The molecule has 10 heteroatoms. The molecule has 1 aliphatic heterocycles. The Bertz CT molecular complexity index is 1260. The highest BCUT2D eigenvalue weighted by atomic mass is 19.3. The number of rotatable bonds is 5. The van der Waals surface area contributed by atoms with Gasteiger partial charge in [0.2, 0.25) is 0 Å². The Balaban J connectivity index is 1.77. The van der Waals surface area contributed by atoms with E-state index in [0.717, 1.165) is 17.8 Å². The minimum Gasteiger partial charge on any atom is -0.490 e. The van der Waals surface area contributed by atoms with Crippen molar-refractivity contribution in [1.29, 1.82) is 0 Å². The molecule has 6 nitrogen and oxygen atoms in total. The maximum atomic E-state index is 13.5. The second-order valence-electron chi connectivity index (χ2n) is 7.14. The van der Waals surface area contributed by atoms with Gasteiger partial charge in [0.05, 0.1) is 12.1 Å². The molecule has 4 rings (SSSR count). The molecule has 2 heterocycles. The molecule has 32 heavy (non-hydrogen) atoms. The fraction of sp³-hybridized carbons (Fsp3) is 0.318. The molecule has 0 unspecified atom stereocenters. The van der Waals surface area contributed by atoms with E-state index in [1.54, 1.807) is 19.9 Å². The van der Waals surface area contributed by atoms with Gasteiger partial charge in [-0.1, -0.05) is 6.92 Å². The molecular formula is C22H19F4NO5. The summed E-state index contributed by atoms with van der Waals surface area (Å²) in [4.78, 5) is 16.0. The van der Waals surface area contributed by atoms with Crippen LogP contribution >= 0.6 is 0 Å². The van der Waals surface area contributed by atoms with Crippen molar-refractivity contribution in [1.82, 2.24) is 4.98 Å². The van der Waals surface area contributed by atoms with Gasteiger partial charge in [0.25, 0.3) is 0 Å². The lowest BCUT2D eigenvalue weighted by atomic mass is 10.1. The number of halogens is 4. The van der Waals surface area contributed by atoms with Crippen LogP contribution < -0.4 is 24.4 Å². The topological polar surface area (TPSA) is 69.8 Å². The van der Waals surface area contributed by atoms with E-state index in [4.69, 9.17) is 9.47 Å². The molecule has 170 valence electrons. The van der Waals surface area contributed by atoms with Crippen LogP contribution in [0.3, 0.4) is 0 Å². The smallest absolute Gasteiger partial charge is 0.490 e. The molecule has 0 fully saturated rings. The second-order valence-corrected chi connectivity index (χ2v) is 7.14. The van der Waals surface area contributed by atoms with E-state index in [1.165, 1.54) is 12.1 Å². The predicted octanol–water partition coefficient (Wildman–Crippen LogP) is 5.55. The Hall–Kier alpha value is -3.43. The quantitative estimate of drug-likeness (QED) is 0.514. The maximum absolute atomic E-state index is 13.5. The second kappa shape index (κ2) is 7.61. The van der Waals surface area contributed by atoms with Crippen molar-refractivity contribution in [2.45, 2.75) is 39.4 Å². The number of hydrogen-bond acceptors (Lipinski definition) is 5. The highest BCUT2D eigenvalue weighted by Crippen LogP contribution is 2.48. The zero-order chi connectivity index (χ0) is 23.3. The van der Waals surface area contributed by atoms with Crippen LogP contribution in [-0.2, 0) is 6.42 Å². The molecule has 0 spiro atoms. The van der Waals surface area contributed by atoms with Gasteiger partial charge in [-0.2, -0.15) is 17.6 Å². The average molecular weight is 453 g/mol. The molecule has 0 amide bonds. The normalized spacial score (nSPS) is 16.1. The minimum absolute atomic E-state index is 0.00741. The Morgan fingerprint density at radius 1 is 0.969 bits per heavy atom. The third-order valence-corrected chi connectivity index (χ3v) is 5.02. The Morgan fingerprint density at radius 2 is 1.66 bits per heavy atom. The van der Waals surface area contributed by atoms with E-state index in [1.807, 2.05) is 6.92 Å². The van der Waals surface area contributed by atoms with Crippen molar-refractivity contribution >= 4 is 10.9 Å². The van der Waals surface area contributed by atoms with Crippen molar-refractivity contribution in [3.05, 3.63) is 51.8 Å². The molecule has 0 aliphatic carbocycles. The van der Waals surface area contributed by atoms with Crippen LogP contribution in [-0.4, -0.2) is 23.8 Å². The molecule has 0 atom stereocenters. The van der Waals surface area contributed by atoms with Gasteiger partial charge >= 0.3 is 12.2 Å². The van der Waals surface area contributed by atoms with Gasteiger partial charge in [0, 0.05) is 28.8 Å². The molecule has 1 N–H and O–H groups in total. The highest BCUT2D eigenvalue weighted by molar-refractivity contribution is 5.83. The Kier molecular flexibility index (Phi) is 5.18. The number of fused-ring (bicyclic) bond motifs is 2. The van der Waals surface area contributed by atoms with Crippen LogP contribution in [0.25, 0.3) is 10.9 Å². The van der Waals surface area contributed by atoms with Crippen LogP contribution in [0.5, 0.6) is 28.7 Å². The van der Waals surface area contributed by atoms with Crippen LogP contribution in [0, 0.1) is 6.92 Å². The van der Waals surface area contributed by atoms with Crippen LogP contribution in [0.4, 0.5) is 17.6 Å². The third-order valence-electron chi connectivity index (χ3n) is 5.02. The summed E-state index contributed by atoms with van der Waals surface area (Å²) < 4.78 is 73.3. The number of aromatic amines is 1. The fourth-order valence-corrected chi connectivity index (χ4v) is 3.39. The van der Waals surface area contributed by atoms with Crippen LogP contribution in [0.2, 0.25) is 0 Å². The molecule has 0 radical (unpaired) electrons. The summed E-state index contributed by atoms with van der Waals surface area (Å²) in [5, 5.41) is 0.349. The molecule has 1 aliphatic rings. The summed E-state index contributed by atoms with van der Waals surface area (Å²) in [5.41, 5.74) is 1.73. The van der Waals surface area contributed by atoms with E-state index < -0.39 is 23.7 Å². The number of H-pyrrole nitrogens is 1. The number of aromatic nitrogens is 1. The summed E-state index contributed by atoms with van der Waals surface area (Å²) >= 11 is 0. The first-order valence-corrected chi connectivity index (χ1v) is 9.84. The highest BCUT2D eigenvalue weighted by Gasteiger charge is 2.66. The summed E-state index contributed by atoms with van der Waals surface area (Å²) in [7, 11) is 0. The van der Waals surface area contributed by atoms with Gasteiger partial charge < -0.3 is 23.9 Å². The molecule has 0 bridgehead atoms. The zero-order valence-corrected chi connectivity index (χ0v) is 17.4. The van der Waals surface area contributed by atoms with E-state index >= 15 is 0 Å². The van der Waals surface area contributed by atoms with E-state index in [0.29, 0.717) is 35.2 Å². The van der Waals surface area contributed by atoms with Crippen LogP contribution in [0.15, 0.2) is 35.1 Å². The lowest BCUT2D eigenvalue weighted by Gasteiger charge is -2.31. The van der Waals surface area contributed by atoms with Crippen molar-refractivity contribution < 1.29 is 36.5 Å². The molecule has 0 saturated carbocycles. The first kappa shape index (κ1) is 21.8. The summed E-state index contributed by atoms with van der Waals surface area (Å²) in [6, 6.07) is 6.36. The van der Waals surface area contributed by atoms with Gasteiger partial charge in [-0.3, -0.25) is 4.79 Å². The average Bonchev–Trinajstić information content (AvgIpc) is 2.72. The standard InChI is InChI=1S/C22H19F4NO5/c1-4-14-11(3)20(28)13-9-18(17(29-5-2)10-15(13)27-14)30-12-6-7-16-19(8-12)32-22(25,26)21(23,24)31-16/h6-10H,4-5H2,1-3H3,(H,27,28). The van der Waals surface area contributed by atoms with Gasteiger partial charge in [-0.15, -0.1) is 0 Å². The number of aryl methyl sites for hydroxylation is 1. The predicted molar refractivity (Wildman–Crippen MR) is 108 cm³/mol. The summed E-state index contributed by atoms with van der Waals surface area (Å²) in [6.45, 7) is 5.69. The lowest BCUT2D eigenvalue weighted by molar-refractivity contribution is -0.391. The summed E-state index contributed by atoms with van der Waals surface area (Å²) in [5.74, 6) is -0.739. The van der Waals surface area contributed by atoms with Gasteiger partial charge in [-0.25, -0.2) is 0 Å². The largest absolute Gasteiger partial charge is 0.507 e. The maximum Gasteiger partial charge on any atom is 0.507 e. The number of pyridine rings is 1. The molecule has 3 aromatic rings. The SMILES string of the molecule is CCOc1cc2[nH]c(CC)c(C)c(=O)c2cc1Oc1ccc2c(c1)OC(F)(F)C(F)(F)O2. The van der Waals surface area contributed by atoms with E-state index in [-0.39, 0.29) is 16.9 Å². The van der Waals surface area contributed by atoms with E-state index in [9.17, 15) is 22.4 Å². The van der Waals surface area contributed by atoms with Crippen molar-refractivity contribution in [3.63, 3.8) is 0 Å². The monoisotopic (exact) mass is 453 g/mol. The van der Waals surface area contributed by atoms with Gasteiger partial charge in [0.1, 0.15) is 5.75 Å². The lowest BCUT2D eigenvalue weighted by Crippen LogP contribution is -2.52. The van der Waals surface area contributed by atoms with E-state index in [2.05, 4.69) is 14.5 Å². The number of benzene rings is 2. The number of ether oxygens (including phenoxy) is 4. The Morgan fingerprint density at radius 3 is 2.31 bits per heavy atom. The van der Waals surface area contributed by atoms with Gasteiger partial charge in [-0.05, 0) is 38.5 Å². The number of nitrogens with one attached hydrogen (secondary N) is 1. The fourth-order valence-electron chi connectivity index (χ4n) is 3.39. The van der Waals surface area contributed by atoms with Crippen molar-refractivity contribution in [2.75, 3.05) is 6.61 Å². The number of hydrogen-bond donors (Lipinski definition) is 1. The zero-order valence-electron chi connectivity index (χ0n) is 17.4. The first-order valence-electron chi connectivity index (χ1n) is 9.84. The molecule has 2 aromatic carbocycles. The number of alkyl halides is 4. The molecular weight excluding hydrogens is 434 g/mol.